The van der Waals surface area contributed by atoms with Gasteiger partial charge in [-0.2, -0.15) is 0 Å². The molecule has 1 aromatic rings. The average Bonchev–Trinajstić information content (AvgIpc) is 2.41. The van der Waals surface area contributed by atoms with Gasteiger partial charge >= 0.3 is 0 Å². The zero-order chi connectivity index (χ0) is 12.8. The lowest BCUT2D eigenvalue weighted by molar-refractivity contribution is -0.0825. The summed E-state index contributed by atoms with van der Waals surface area (Å²) < 4.78 is 5.90. The van der Waals surface area contributed by atoms with Crippen LogP contribution in [0.5, 0.6) is 0 Å². The molecule has 2 N–H and O–H groups in total. The van der Waals surface area contributed by atoms with Crippen LogP contribution in [0.2, 0.25) is 0 Å². The largest absolute Gasteiger partial charge is 0.374 e. The molecular weight excluding hydrogens is 222 g/mol. The molecule has 1 saturated heterocycles. The molecule has 0 saturated carbocycles. The molecule has 1 heterocycles. The van der Waals surface area contributed by atoms with Gasteiger partial charge in [-0.15, -0.1) is 0 Å². The van der Waals surface area contributed by atoms with Crippen molar-refractivity contribution in [2.45, 2.75) is 57.1 Å². The van der Waals surface area contributed by atoms with Crippen LogP contribution in [0.25, 0.3) is 0 Å². The van der Waals surface area contributed by atoms with Crippen LogP contribution in [0.15, 0.2) is 30.3 Å². The van der Waals surface area contributed by atoms with Gasteiger partial charge in [0.05, 0.1) is 5.60 Å². The molecule has 0 amide bonds. The highest BCUT2D eigenvalue weighted by Gasteiger charge is 2.33. The van der Waals surface area contributed by atoms with Gasteiger partial charge in [-0.25, -0.2) is 0 Å². The summed E-state index contributed by atoms with van der Waals surface area (Å²) in [6, 6.07) is 10.8. The number of ether oxygens (including phenoxy) is 1. The van der Waals surface area contributed by atoms with Crippen molar-refractivity contribution >= 4 is 0 Å². The van der Waals surface area contributed by atoms with Crippen LogP contribution in [-0.4, -0.2) is 18.2 Å². The van der Waals surface area contributed by atoms with Crippen molar-refractivity contribution in [3.63, 3.8) is 0 Å². The molecule has 100 valence electrons. The summed E-state index contributed by atoms with van der Waals surface area (Å²) in [4.78, 5) is 0. The Morgan fingerprint density at radius 2 is 2.06 bits per heavy atom. The van der Waals surface area contributed by atoms with Crippen LogP contribution in [-0.2, 0) is 11.2 Å². The van der Waals surface area contributed by atoms with E-state index in [4.69, 9.17) is 10.5 Å². The summed E-state index contributed by atoms with van der Waals surface area (Å²) in [6.07, 6.45) is 6.86. The Kier molecular flexibility index (Phi) is 4.79. The third-order valence-electron chi connectivity index (χ3n) is 4.11. The molecule has 2 atom stereocenters. The standard InChI is InChI=1S/C16H25NO/c1-16(12-5-6-13-18-16)15(17)11-7-10-14-8-3-2-4-9-14/h2-4,8-9,15H,5-7,10-13,17H2,1H3. The van der Waals surface area contributed by atoms with Crippen molar-refractivity contribution in [3.8, 4) is 0 Å². The van der Waals surface area contributed by atoms with Crippen molar-refractivity contribution in [1.29, 1.82) is 0 Å². The Hall–Kier alpha value is -0.860. The Bertz CT molecular complexity index is 343. The molecule has 18 heavy (non-hydrogen) atoms. The molecule has 0 aliphatic carbocycles. The summed E-state index contributed by atoms with van der Waals surface area (Å²) >= 11 is 0. The number of aryl methyl sites for hydroxylation is 1. The normalized spacial score (nSPS) is 25.9. The fourth-order valence-corrected chi connectivity index (χ4v) is 2.72. The van der Waals surface area contributed by atoms with E-state index in [1.165, 1.54) is 18.4 Å². The highest BCUT2D eigenvalue weighted by molar-refractivity contribution is 5.14. The van der Waals surface area contributed by atoms with Crippen LogP contribution < -0.4 is 5.73 Å². The van der Waals surface area contributed by atoms with E-state index < -0.39 is 0 Å². The first kappa shape index (κ1) is 13.6. The van der Waals surface area contributed by atoms with E-state index in [-0.39, 0.29) is 11.6 Å². The van der Waals surface area contributed by atoms with Gasteiger partial charge in [0.1, 0.15) is 0 Å². The Labute approximate surface area is 111 Å². The van der Waals surface area contributed by atoms with E-state index in [0.717, 1.165) is 32.3 Å². The van der Waals surface area contributed by atoms with Gasteiger partial charge in [-0.1, -0.05) is 30.3 Å². The van der Waals surface area contributed by atoms with E-state index >= 15 is 0 Å². The van der Waals surface area contributed by atoms with Gasteiger partial charge < -0.3 is 10.5 Å². The first-order chi connectivity index (χ1) is 8.71. The van der Waals surface area contributed by atoms with E-state index in [9.17, 15) is 0 Å². The second-order valence-electron chi connectivity index (χ2n) is 5.60. The lowest BCUT2D eigenvalue weighted by Crippen LogP contribution is -2.49. The lowest BCUT2D eigenvalue weighted by atomic mass is 9.86. The fraction of sp³-hybridized carbons (Fsp3) is 0.625. The van der Waals surface area contributed by atoms with Crippen molar-refractivity contribution in [2.75, 3.05) is 6.61 Å². The predicted molar refractivity (Wildman–Crippen MR) is 75.6 cm³/mol. The molecule has 0 radical (unpaired) electrons. The topological polar surface area (TPSA) is 35.2 Å². The predicted octanol–water partition coefficient (Wildman–Crippen LogP) is 3.30. The Morgan fingerprint density at radius 3 is 2.72 bits per heavy atom. The van der Waals surface area contributed by atoms with Crippen LogP contribution in [0, 0.1) is 0 Å². The van der Waals surface area contributed by atoms with E-state index in [1.54, 1.807) is 0 Å². The van der Waals surface area contributed by atoms with Gasteiger partial charge in [-0.3, -0.25) is 0 Å². The highest BCUT2D eigenvalue weighted by atomic mass is 16.5. The summed E-state index contributed by atoms with van der Waals surface area (Å²) in [5.74, 6) is 0. The number of benzene rings is 1. The first-order valence-corrected chi connectivity index (χ1v) is 7.14. The first-order valence-electron chi connectivity index (χ1n) is 7.14. The maximum absolute atomic E-state index is 6.32. The third-order valence-corrected chi connectivity index (χ3v) is 4.11. The van der Waals surface area contributed by atoms with Gasteiger partial charge in [0.25, 0.3) is 0 Å². The number of hydrogen-bond acceptors (Lipinski definition) is 2. The SMILES string of the molecule is CC1(C(N)CCCc2ccccc2)CCCCO1. The van der Waals surface area contributed by atoms with Gasteiger partial charge in [-0.05, 0) is 51.0 Å². The number of rotatable bonds is 5. The fourth-order valence-electron chi connectivity index (χ4n) is 2.72. The molecule has 0 aromatic heterocycles. The van der Waals surface area contributed by atoms with Crippen molar-refractivity contribution in [1.82, 2.24) is 0 Å². The second kappa shape index (κ2) is 6.35. The summed E-state index contributed by atoms with van der Waals surface area (Å²) in [5, 5.41) is 0. The van der Waals surface area contributed by atoms with Crippen LogP contribution in [0.1, 0.15) is 44.6 Å². The van der Waals surface area contributed by atoms with Crippen LogP contribution in [0.4, 0.5) is 0 Å². The quantitative estimate of drug-likeness (QED) is 0.866. The van der Waals surface area contributed by atoms with Crippen LogP contribution in [0.3, 0.4) is 0 Å². The molecule has 0 bridgehead atoms. The van der Waals surface area contributed by atoms with E-state index in [1.807, 2.05) is 0 Å². The maximum atomic E-state index is 6.32. The minimum Gasteiger partial charge on any atom is -0.374 e. The second-order valence-corrected chi connectivity index (χ2v) is 5.60. The number of nitrogens with two attached hydrogens (primary N) is 1. The molecule has 1 aliphatic heterocycles. The van der Waals surface area contributed by atoms with Crippen LogP contribution >= 0.6 is 0 Å². The van der Waals surface area contributed by atoms with Crippen molar-refractivity contribution in [2.24, 2.45) is 5.73 Å². The Morgan fingerprint density at radius 1 is 1.28 bits per heavy atom. The monoisotopic (exact) mass is 247 g/mol. The molecule has 2 rings (SSSR count). The summed E-state index contributed by atoms with van der Waals surface area (Å²) in [7, 11) is 0. The lowest BCUT2D eigenvalue weighted by Gasteiger charge is -2.38. The van der Waals surface area contributed by atoms with E-state index in [2.05, 4.69) is 37.3 Å². The molecular formula is C16H25NO. The van der Waals surface area contributed by atoms with Crippen molar-refractivity contribution < 1.29 is 4.74 Å². The van der Waals surface area contributed by atoms with Crippen molar-refractivity contribution in [3.05, 3.63) is 35.9 Å². The number of hydrogen-bond donors (Lipinski definition) is 1. The molecule has 0 spiro atoms. The molecule has 2 unspecified atom stereocenters. The molecule has 1 aromatic carbocycles. The summed E-state index contributed by atoms with van der Waals surface area (Å²) in [5.41, 5.74) is 7.64. The minimum absolute atomic E-state index is 0.0884. The molecule has 1 aliphatic rings. The average molecular weight is 247 g/mol. The maximum Gasteiger partial charge on any atom is 0.0804 e. The van der Waals surface area contributed by atoms with Gasteiger partial charge in [0, 0.05) is 12.6 Å². The zero-order valence-electron chi connectivity index (χ0n) is 11.4. The minimum atomic E-state index is -0.0884. The molecule has 1 fully saturated rings. The van der Waals surface area contributed by atoms with E-state index in [0.29, 0.717) is 0 Å². The Balaban J connectivity index is 1.76. The molecule has 2 nitrogen and oxygen atoms in total. The summed E-state index contributed by atoms with van der Waals surface area (Å²) in [6.45, 7) is 3.06. The highest BCUT2D eigenvalue weighted by Crippen LogP contribution is 2.29. The van der Waals surface area contributed by atoms with Gasteiger partial charge in [0.15, 0.2) is 0 Å². The third kappa shape index (κ3) is 3.56. The van der Waals surface area contributed by atoms with Gasteiger partial charge in [0.2, 0.25) is 0 Å². The smallest absolute Gasteiger partial charge is 0.0804 e. The molecule has 2 heteroatoms. The zero-order valence-corrected chi connectivity index (χ0v) is 11.4.